The van der Waals surface area contributed by atoms with Crippen LogP contribution in [0.25, 0.3) is 0 Å². The van der Waals surface area contributed by atoms with Gasteiger partial charge < -0.3 is 5.11 Å². The lowest BCUT2D eigenvalue weighted by Crippen LogP contribution is -1.99. The second-order valence-electron chi connectivity index (χ2n) is 3.92. The van der Waals surface area contributed by atoms with Crippen LogP contribution in [-0.2, 0) is 0 Å². The Morgan fingerprint density at radius 3 is 2.50 bits per heavy atom. The Labute approximate surface area is 125 Å². The summed E-state index contributed by atoms with van der Waals surface area (Å²) in [6.45, 7) is 0. The molecule has 20 heavy (non-hydrogen) atoms. The van der Waals surface area contributed by atoms with Crippen molar-refractivity contribution in [3.05, 3.63) is 63.6 Å². The topological polar surface area (TPSA) is 61.7 Å². The summed E-state index contributed by atoms with van der Waals surface area (Å²) in [5, 5.41) is 13.8. The van der Waals surface area contributed by atoms with Crippen molar-refractivity contribution >= 4 is 41.1 Å². The van der Waals surface area contributed by atoms with Gasteiger partial charge in [-0.2, -0.15) is 5.10 Å². The van der Waals surface area contributed by atoms with E-state index in [0.717, 1.165) is 5.56 Å². The largest absolute Gasteiger partial charge is 0.478 e. The molecule has 0 heterocycles. The Morgan fingerprint density at radius 2 is 1.85 bits per heavy atom. The van der Waals surface area contributed by atoms with Crippen molar-refractivity contribution in [3.8, 4) is 0 Å². The number of halogens is 2. The molecule has 4 nitrogen and oxygen atoms in total. The van der Waals surface area contributed by atoms with Crippen molar-refractivity contribution in [3.63, 3.8) is 0 Å². The summed E-state index contributed by atoms with van der Waals surface area (Å²) in [5.41, 5.74) is 4.18. The van der Waals surface area contributed by atoms with Gasteiger partial charge in [0, 0.05) is 5.02 Å². The van der Waals surface area contributed by atoms with Gasteiger partial charge in [-0.05, 0) is 35.9 Å². The molecule has 0 unspecified atom stereocenters. The number of carboxylic acid groups (broad SMARTS) is 1. The predicted octanol–water partition coefficient (Wildman–Crippen LogP) is 4.14. The van der Waals surface area contributed by atoms with Gasteiger partial charge in [-0.1, -0.05) is 35.3 Å². The number of benzene rings is 2. The highest BCUT2D eigenvalue weighted by molar-refractivity contribution is 6.33. The van der Waals surface area contributed by atoms with Crippen LogP contribution in [0.15, 0.2) is 47.6 Å². The summed E-state index contributed by atoms with van der Waals surface area (Å²) in [6, 6.07) is 11.7. The standard InChI is InChI=1S/C14H10Cl2N2O2/c15-10-3-1-9(2-4-10)8-17-18-11-5-6-13(16)12(7-11)14(19)20/h1-8,18H,(H,19,20)/b17-8-. The first-order chi connectivity index (χ1) is 9.56. The molecule has 0 bridgehead atoms. The zero-order chi connectivity index (χ0) is 14.5. The lowest BCUT2D eigenvalue weighted by molar-refractivity contribution is 0.0697. The molecular weight excluding hydrogens is 299 g/mol. The Kier molecular flexibility index (Phi) is 4.61. The number of hydrogen-bond acceptors (Lipinski definition) is 3. The minimum absolute atomic E-state index is 0.0263. The Balaban J connectivity index is 2.09. The summed E-state index contributed by atoms with van der Waals surface area (Å²) in [6.07, 6.45) is 1.60. The molecule has 6 heteroatoms. The average molecular weight is 309 g/mol. The number of hydrazone groups is 1. The summed E-state index contributed by atoms with van der Waals surface area (Å²) in [5.74, 6) is -1.08. The van der Waals surface area contributed by atoms with Crippen molar-refractivity contribution in [2.45, 2.75) is 0 Å². The quantitative estimate of drug-likeness (QED) is 0.659. The predicted molar refractivity (Wildman–Crippen MR) is 81.1 cm³/mol. The number of nitrogens with zero attached hydrogens (tertiary/aromatic N) is 1. The van der Waals surface area contributed by atoms with E-state index in [-0.39, 0.29) is 10.6 Å². The van der Waals surface area contributed by atoms with Crippen LogP contribution >= 0.6 is 23.2 Å². The molecule has 2 N–H and O–H groups in total. The Bertz CT molecular complexity index is 655. The SMILES string of the molecule is O=C(O)c1cc(N/N=C\c2ccc(Cl)cc2)ccc1Cl. The fourth-order valence-corrected chi connectivity index (χ4v) is 1.81. The number of nitrogens with one attached hydrogen (secondary N) is 1. The van der Waals surface area contributed by atoms with Crippen LogP contribution in [0.3, 0.4) is 0 Å². The Hall–Kier alpha value is -2.04. The maximum atomic E-state index is 10.9. The highest BCUT2D eigenvalue weighted by Crippen LogP contribution is 2.20. The first-order valence-corrected chi connectivity index (χ1v) is 6.39. The van der Waals surface area contributed by atoms with Gasteiger partial charge in [0.2, 0.25) is 0 Å². The Morgan fingerprint density at radius 1 is 1.15 bits per heavy atom. The highest BCUT2D eigenvalue weighted by Gasteiger charge is 2.08. The summed E-state index contributed by atoms with van der Waals surface area (Å²) in [4.78, 5) is 10.9. The summed E-state index contributed by atoms with van der Waals surface area (Å²) >= 11 is 11.6. The third-order valence-electron chi connectivity index (χ3n) is 2.47. The van der Waals surface area contributed by atoms with E-state index in [1.165, 1.54) is 12.1 Å². The maximum Gasteiger partial charge on any atom is 0.337 e. The van der Waals surface area contributed by atoms with E-state index in [1.807, 2.05) is 12.1 Å². The van der Waals surface area contributed by atoms with E-state index < -0.39 is 5.97 Å². The number of aromatic carboxylic acids is 1. The molecule has 0 aliphatic carbocycles. The van der Waals surface area contributed by atoms with E-state index in [2.05, 4.69) is 10.5 Å². The molecule has 0 aliphatic heterocycles. The maximum absolute atomic E-state index is 10.9. The average Bonchev–Trinajstić information content (AvgIpc) is 2.42. The molecule has 0 saturated heterocycles. The number of carboxylic acids is 1. The fourth-order valence-electron chi connectivity index (χ4n) is 1.49. The van der Waals surface area contributed by atoms with E-state index in [0.29, 0.717) is 10.7 Å². The van der Waals surface area contributed by atoms with Gasteiger partial charge >= 0.3 is 5.97 Å². The second kappa shape index (κ2) is 6.41. The van der Waals surface area contributed by atoms with E-state index in [1.54, 1.807) is 24.4 Å². The van der Waals surface area contributed by atoms with Gasteiger partial charge in [-0.3, -0.25) is 5.43 Å². The van der Waals surface area contributed by atoms with Crippen LogP contribution in [-0.4, -0.2) is 17.3 Å². The van der Waals surface area contributed by atoms with Crippen LogP contribution < -0.4 is 5.43 Å². The molecule has 0 saturated carbocycles. The third kappa shape index (κ3) is 3.73. The third-order valence-corrected chi connectivity index (χ3v) is 3.06. The first-order valence-electron chi connectivity index (χ1n) is 5.64. The van der Waals surface area contributed by atoms with Crippen LogP contribution in [0.5, 0.6) is 0 Å². The van der Waals surface area contributed by atoms with Crippen LogP contribution in [0.1, 0.15) is 15.9 Å². The monoisotopic (exact) mass is 308 g/mol. The van der Waals surface area contributed by atoms with Crippen molar-refractivity contribution < 1.29 is 9.90 Å². The van der Waals surface area contributed by atoms with Crippen LogP contribution in [0.2, 0.25) is 10.0 Å². The van der Waals surface area contributed by atoms with Gasteiger partial charge in [0.05, 0.1) is 22.5 Å². The molecule has 102 valence electrons. The van der Waals surface area contributed by atoms with Gasteiger partial charge in [0.15, 0.2) is 0 Å². The molecule has 0 aromatic heterocycles. The molecule has 0 radical (unpaired) electrons. The molecule has 2 rings (SSSR count). The number of hydrogen-bond donors (Lipinski definition) is 2. The molecule has 0 spiro atoms. The zero-order valence-corrected chi connectivity index (χ0v) is 11.7. The van der Waals surface area contributed by atoms with Gasteiger partial charge in [-0.15, -0.1) is 0 Å². The number of anilines is 1. The fraction of sp³-hybridized carbons (Fsp3) is 0. The van der Waals surface area contributed by atoms with Crippen molar-refractivity contribution in [1.82, 2.24) is 0 Å². The van der Waals surface area contributed by atoms with Crippen molar-refractivity contribution in [1.29, 1.82) is 0 Å². The molecule has 2 aromatic rings. The number of carbonyl (C=O) groups is 1. The van der Waals surface area contributed by atoms with E-state index >= 15 is 0 Å². The minimum Gasteiger partial charge on any atom is -0.478 e. The molecule has 0 amide bonds. The summed E-state index contributed by atoms with van der Waals surface area (Å²) in [7, 11) is 0. The lowest BCUT2D eigenvalue weighted by atomic mass is 10.2. The normalized spacial score (nSPS) is 10.7. The first kappa shape index (κ1) is 14.4. The van der Waals surface area contributed by atoms with Crippen molar-refractivity contribution in [2.24, 2.45) is 5.10 Å². The smallest absolute Gasteiger partial charge is 0.337 e. The van der Waals surface area contributed by atoms with E-state index in [9.17, 15) is 4.79 Å². The van der Waals surface area contributed by atoms with Crippen LogP contribution in [0.4, 0.5) is 5.69 Å². The summed E-state index contributed by atoms with van der Waals surface area (Å²) < 4.78 is 0. The highest BCUT2D eigenvalue weighted by atomic mass is 35.5. The lowest BCUT2D eigenvalue weighted by Gasteiger charge is -2.03. The second-order valence-corrected chi connectivity index (χ2v) is 4.76. The zero-order valence-electron chi connectivity index (χ0n) is 10.2. The van der Waals surface area contributed by atoms with E-state index in [4.69, 9.17) is 28.3 Å². The minimum atomic E-state index is -1.08. The van der Waals surface area contributed by atoms with Crippen molar-refractivity contribution in [2.75, 3.05) is 5.43 Å². The molecule has 0 aliphatic rings. The number of rotatable bonds is 4. The molecule has 0 atom stereocenters. The van der Waals surface area contributed by atoms with Crippen LogP contribution in [0, 0.1) is 0 Å². The molecule has 2 aromatic carbocycles. The van der Waals surface area contributed by atoms with Gasteiger partial charge in [0.1, 0.15) is 0 Å². The molecular formula is C14H10Cl2N2O2. The molecule has 0 fully saturated rings. The van der Waals surface area contributed by atoms with Gasteiger partial charge in [-0.25, -0.2) is 4.79 Å². The van der Waals surface area contributed by atoms with Gasteiger partial charge in [0.25, 0.3) is 0 Å².